The molecule has 0 radical (unpaired) electrons. The van der Waals surface area contributed by atoms with Crippen LogP contribution in [0.1, 0.15) is 11.1 Å². The molecule has 0 amide bonds. The largest absolute Gasteiger partial charge is 3.00 e. The quantitative estimate of drug-likeness (QED) is 0.157. The van der Waals surface area contributed by atoms with Crippen molar-refractivity contribution >= 4 is 55.8 Å². The summed E-state index contributed by atoms with van der Waals surface area (Å²) >= 11 is 0. The van der Waals surface area contributed by atoms with Crippen LogP contribution in [0.3, 0.4) is 0 Å². The summed E-state index contributed by atoms with van der Waals surface area (Å²) in [5, 5.41) is 11.0. The first-order valence-corrected chi connectivity index (χ1v) is 17.5. The van der Waals surface area contributed by atoms with Crippen molar-refractivity contribution in [2.24, 2.45) is 16.5 Å². The molecule has 0 saturated carbocycles. The predicted octanol–water partition coefficient (Wildman–Crippen LogP) is 6.85. The minimum atomic E-state index is 0. The van der Waals surface area contributed by atoms with Crippen LogP contribution in [0.4, 0.5) is 0 Å². The van der Waals surface area contributed by atoms with E-state index in [-0.39, 0.29) is 22.6 Å². The Morgan fingerprint density at radius 1 is 0.464 bits per heavy atom. The first-order chi connectivity index (χ1) is 27.0. The maximum Gasteiger partial charge on any atom is 3.00 e. The van der Waals surface area contributed by atoms with Crippen LogP contribution >= 0.6 is 0 Å². The Kier molecular flexibility index (Phi) is 9.68. The maximum absolute atomic E-state index is 7.39. The summed E-state index contributed by atoms with van der Waals surface area (Å²) < 4.78 is 0. The molecule has 3 aliphatic heterocycles. The average molecular weight is 776 g/mol. The number of hydrogen-bond donors (Lipinski definition) is 3. The topological polar surface area (TPSA) is 218 Å². The summed E-state index contributed by atoms with van der Waals surface area (Å²) in [6, 6.07) is 39.3. The van der Waals surface area contributed by atoms with Crippen LogP contribution in [0.15, 0.2) is 126 Å². The molecule has 13 nitrogen and oxygen atoms in total. The number of nitrogens with one attached hydrogen (secondary N) is 2. The maximum atomic E-state index is 7.39. The summed E-state index contributed by atoms with van der Waals surface area (Å²) in [6.45, 7) is 0.833. The standard InChI is InChI=1S/C32H16N8.C8H7N3.C2H7N2.Co/c1-2-10-18-17(9-1)25-33-26(18)38-28-21-13-5-6-14-22(21)30(35-28)40-32-24-16-8-7-15-23(24)31(36-32)39-29-20-12-4-3-11-19(20)27(34-29)37-25;9-7-5-3-1-2-4-6(5)8(10)11-7;3-1-2-4;/h1-16H;1-4H,(H3,9,10,11);3H,1-2,4H2;/q-2;;-1;+3. The molecule has 8 bridgehead atoms. The van der Waals surface area contributed by atoms with Crippen molar-refractivity contribution in [3.63, 3.8) is 0 Å². The van der Waals surface area contributed by atoms with Gasteiger partial charge in [0.05, 0.1) is 23.3 Å². The molecular formula is C42H30CoN13. The zero-order chi connectivity index (χ0) is 37.5. The van der Waals surface area contributed by atoms with E-state index in [0.717, 1.165) is 54.9 Å². The average Bonchev–Trinajstić information content (AvgIpc) is 4.02. The molecule has 0 atom stereocenters. The molecule has 3 aromatic heterocycles. The number of amidine groups is 2. The summed E-state index contributed by atoms with van der Waals surface area (Å²) in [6.07, 6.45) is 0. The van der Waals surface area contributed by atoms with Gasteiger partial charge in [0, 0.05) is 56.0 Å². The fraction of sp³-hybridized carbons (Fsp3) is 0.0476. The van der Waals surface area contributed by atoms with Gasteiger partial charge in [0.25, 0.3) is 0 Å². The van der Waals surface area contributed by atoms with Gasteiger partial charge in [0.1, 0.15) is 5.84 Å². The number of nitrogens with zero attached hydrogens (tertiary/aromatic N) is 9. The molecule has 272 valence electrons. The minimum Gasteiger partial charge on any atom is -0.676 e. The molecule has 14 heteroatoms. The molecule has 11 rings (SSSR count). The second-order valence-electron chi connectivity index (χ2n) is 12.6. The summed E-state index contributed by atoms with van der Waals surface area (Å²) in [4.78, 5) is 43.1. The van der Waals surface area contributed by atoms with Crippen molar-refractivity contribution in [3.8, 4) is 45.6 Å². The van der Waals surface area contributed by atoms with Gasteiger partial charge in [-0.15, -0.1) is 6.54 Å². The minimum absolute atomic E-state index is 0. The van der Waals surface area contributed by atoms with Gasteiger partial charge in [-0.3, -0.25) is 5.41 Å². The van der Waals surface area contributed by atoms with E-state index in [1.165, 1.54) is 0 Å². The van der Waals surface area contributed by atoms with Gasteiger partial charge < -0.3 is 47.1 Å². The third-order valence-electron chi connectivity index (χ3n) is 9.16. The molecule has 56 heavy (non-hydrogen) atoms. The molecule has 3 aliphatic rings. The first kappa shape index (κ1) is 36.0. The molecule has 0 aliphatic carbocycles. The van der Waals surface area contributed by atoms with Crippen LogP contribution in [-0.2, 0) is 16.8 Å². The van der Waals surface area contributed by atoms with Crippen molar-refractivity contribution < 1.29 is 16.8 Å². The number of aliphatic imine (C=N–C) groups is 1. The third kappa shape index (κ3) is 6.37. The fourth-order valence-corrected chi connectivity index (χ4v) is 6.61. The van der Waals surface area contributed by atoms with Gasteiger partial charge in [-0.1, -0.05) is 121 Å². The number of aromatic nitrogens is 8. The Balaban J connectivity index is 0.000000233. The van der Waals surface area contributed by atoms with Gasteiger partial charge in [-0.2, -0.15) is 0 Å². The van der Waals surface area contributed by atoms with Crippen LogP contribution in [0.2, 0.25) is 0 Å². The SMILES string of the molecule is N=C1N=C(N)c2ccccc21.[Co+3].[NH-]CCN.c1ccc2c(c1)-c1nc-2nc2[n-]c(nc3nc(nc4[n-]c(n1)c1ccccc41)-c1ccccc1-3)c1ccccc21. The van der Waals surface area contributed by atoms with Gasteiger partial charge in [0.2, 0.25) is 0 Å². The Morgan fingerprint density at radius 3 is 1.05 bits per heavy atom. The monoisotopic (exact) mass is 775 g/mol. The van der Waals surface area contributed by atoms with E-state index in [0.29, 0.717) is 64.8 Å². The van der Waals surface area contributed by atoms with E-state index in [1.807, 2.05) is 121 Å². The van der Waals surface area contributed by atoms with Crippen molar-refractivity contribution in [2.75, 3.05) is 13.1 Å². The molecule has 6 heterocycles. The summed E-state index contributed by atoms with van der Waals surface area (Å²) in [5.74, 6) is 2.92. The molecule has 0 unspecified atom stereocenters. The van der Waals surface area contributed by atoms with E-state index >= 15 is 0 Å². The smallest absolute Gasteiger partial charge is 0.676 e. The fourth-order valence-electron chi connectivity index (χ4n) is 6.61. The first-order valence-electron chi connectivity index (χ1n) is 17.5. The van der Waals surface area contributed by atoms with Crippen LogP contribution in [0, 0.1) is 5.41 Å². The van der Waals surface area contributed by atoms with Crippen LogP contribution in [0.5, 0.6) is 0 Å². The number of rotatable bonds is 1. The third-order valence-corrected chi connectivity index (χ3v) is 9.16. The predicted molar refractivity (Wildman–Crippen MR) is 216 cm³/mol. The zero-order valence-corrected chi connectivity index (χ0v) is 30.5. The van der Waals surface area contributed by atoms with Gasteiger partial charge in [-0.05, 0) is 28.1 Å². The molecule has 0 fully saturated rings. The molecule has 0 spiro atoms. The molecule has 5 aromatic carbocycles. The second-order valence-corrected chi connectivity index (χ2v) is 12.6. The van der Waals surface area contributed by atoms with Gasteiger partial charge in [0.15, 0.2) is 5.84 Å². The zero-order valence-electron chi connectivity index (χ0n) is 29.5. The van der Waals surface area contributed by atoms with E-state index in [2.05, 4.69) is 4.99 Å². The van der Waals surface area contributed by atoms with E-state index < -0.39 is 0 Å². The Morgan fingerprint density at radius 2 is 0.750 bits per heavy atom. The molecule has 6 N–H and O–H groups in total. The molecule has 8 aromatic rings. The van der Waals surface area contributed by atoms with Gasteiger partial charge >= 0.3 is 16.8 Å². The molecule has 0 saturated heterocycles. The summed E-state index contributed by atoms with van der Waals surface area (Å²) in [5.41, 5.74) is 24.2. The molecular weight excluding hydrogens is 745 g/mol. The Hall–Kier alpha value is -6.97. The summed E-state index contributed by atoms with van der Waals surface area (Å²) in [7, 11) is 0. The van der Waals surface area contributed by atoms with Crippen molar-refractivity contribution in [2.45, 2.75) is 0 Å². The normalized spacial score (nSPS) is 12.0. The van der Waals surface area contributed by atoms with Crippen LogP contribution in [0.25, 0.3) is 95.4 Å². The number of fused-ring (bicyclic) bond motifs is 21. The van der Waals surface area contributed by atoms with E-state index in [9.17, 15) is 0 Å². The number of benzene rings is 5. The Labute approximate surface area is 330 Å². The van der Waals surface area contributed by atoms with Crippen molar-refractivity contribution in [1.29, 1.82) is 5.41 Å². The van der Waals surface area contributed by atoms with Gasteiger partial charge in [-0.25, -0.2) is 15.0 Å². The van der Waals surface area contributed by atoms with Crippen LogP contribution < -0.4 is 21.4 Å². The number of hydrogen-bond acceptors (Lipinski definition) is 9. The van der Waals surface area contributed by atoms with E-state index in [4.69, 9.17) is 62.5 Å². The number of nitrogens with two attached hydrogens (primary N) is 2. The van der Waals surface area contributed by atoms with Crippen LogP contribution in [-0.4, -0.2) is 54.7 Å². The Bertz CT molecular complexity index is 2700. The van der Waals surface area contributed by atoms with Crippen molar-refractivity contribution in [3.05, 3.63) is 138 Å². The van der Waals surface area contributed by atoms with E-state index in [1.54, 1.807) is 0 Å². The second kappa shape index (κ2) is 15.0. The van der Waals surface area contributed by atoms with Crippen molar-refractivity contribution in [1.82, 2.24) is 39.9 Å².